The van der Waals surface area contributed by atoms with Gasteiger partial charge in [-0.1, -0.05) is 12.1 Å². The number of nitrogens with one attached hydrogen (secondary N) is 1. The summed E-state index contributed by atoms with van der Waals surface area (Å²) >= 11 is 0. The van der Waals surface area contributed by atoms with Crippen LogP contribution >= 0.6 is 0 Å². The molecule has 0 spiro atoms. The molecule has 22 heavy (non-hydrogen) atoms. The van der Waals surface area contributed by atoms with Gasteiger partial charge < -0.3 is 15.2 Å². The minimum atomic E-state index is -1.75. The minimum absolute atomic E-state index is 0.0199. The third-order valence-corrected chi connectivity index (χ3v) is 4.12. The lowest BCUT2D eigenvalue weighted by molar-refractivity contribution is -0.387. The molecule has 0 saturated heterocycles. The standard InChI is InChI=1S/C12H14N2O7S/c1-21-11(15)8(13-12(16)17)6-7-22(20)10-5-3-2-4-9(10)14(18)19/h2-5,8,13H,6-7H2,1H3,(H,16,17)/t8-,22?/m0/s1. The van der Waals surface area contributed by atoms with Crippen LogP contribution in [0.4, 0.5) is 10.5 Å². The highest BCUT2D eigenvalue weighted by Gasteiger charge is 2.24. The Balaban J connectivity index is 2.81. The predicted octanol–water partition coefficient (Wildman–Crippen LogP) is 0.902. The van der Waals surface area contributed by atoms with Crippen molar-refractivity contribution >= 4 is 28.5 Å². The lowest BCUT2D eigenvalue weighted by Gasteiger charge is -2.14. The van der Waals surface area contributed by atoms with Gasteiger partial charge in [-0.15, -0.1) is 0 Å². The van der Waals surface area contributed by atoms with Gasteiger partial charge in [0.25, 0.3) is 5.69 Å². The summed E-state index contributed by atoms with van der Waals surface area (Å²) in [6.45, 7) is 0. The summed E-state index contributed by atoms with van der Waals surface area (Å²) < 4.78 is 16.6. The summed E-state index contributed by atoms with van der Waals surface area (Å²) in [6, 6.07) is 4.34. The van der Waals surface area contributed by atoms with E-state index in [9.17, 15) is 23.9 Å². The lowest BCUT2D eigenvalue weighted by atomic mass is 10.2. The summed E-state index contributed by atoms with van der Waals surface area (Å²) in [5.74, 6) is -0.952. The van der Waals surface area contributed by atoms with Gasteiger partial charge >= 0.3 is 12.1 Å². The van der Waals surface area contributed by atoms with Crippen LogP contribution in [0.2, 0.25) is 0 Å². The van der Waals surface area contributed by atoms with Gasteiger partial charge in [-0.05, 0) is 12.5 Å². The van der Waals surface area contributed by atoms with Gasteiger partial charge in [0.15, 0.2) is 0 Å². The largest absolute Gasteiger partial charge is 0.467 e. The van der Waals surface area contributed by atoms with Crippen LogP contribution in [-0.4, -0.2) is 45.2 Å². The number of para-hydroxylation sites is 1. The van der Waals surface area contributed by atoms with Gasteiger partial charge in [-0.3, -0.25) is 14.3 Å². The van der Waals surface area contributed by atoms with Gasteiger partial charge in [0.2, 0.25) is 0 Å². The molecular formula is C12H14N2O7S. The van der Waals surface area contributed by atoms with Crippen molar-refractivity contribution in [3.05, 3.63) is 34.4 Å². The molecule has 9 nitrogen and oxygen atoms in total. The molecule has 1 rings (SSSR count). The maximum Gasteiger partial charge on any atom is 0.405 e. The van der Waals surface area contributed by atoms with Gasteiger partial charge in [0.1, 0.15) is 10.9 Å². The van der Waals surface area contributed by atoms with E-state index < -0.39 is 33.8 Å². The van der Waals surface area contributed by atoms with E-state index in [4.69, 9.17) is 5.11 Å². The van der Waals surface area contributed by atoms with E-state index >= 15 is 0 Å². The molecule has 2 N–H and O–H groups in total. The van der Waals surface area contributed by atoms with Crippen LogP contribution in [-0.2, 0) is 20.3 Å². The van der Waals surface area contributed by atoms with E-state index in [1.165, 1.54) is 24.3 Å². The van der Waals surface area contributed by atoms with Gasteiger partial charge in [-0.2, -0.15) is 0 Å². The van der Waals surface area contributed by atoms with Crippen molar-refractivity contribution in [2.45, 2.75) is 17.4 Å². The summed E-state index contributed by atoms with van der Waals surface area (Å²) in [6.07, 6.45) is -1.54. The number of amides is 1. The lowest BCUT2D eigenvalue weighted by Crippen LogP contribution is -2.41. The Morgan fingerprint density at radius 1 is 1.45 bits per heavy atom. The van der Waals surface area contributed by atoms with Crippen LogP contribution in [0.1, 0.15) is 6.42 Å². The third kappa shape index (κ3) is 4.81. The first kappa shape index (κ1) is 17.6. The summed E-state index contributed by atoms with van der Waals surface area (Å²) in [7, 11) is -0.657. The van der Waals surface area contributed by atoms with E-state index in [2.05, 4.69) is 4.74 Å². The van der Waals surface area contributed by atoms with Crippen molar-refractivity contribution in [1.29, 1.82) is 0 Å². The van der Waals surface area contributed by atoms with Crippen LogP contribution in [0, 0.1) is 10.1 Å². The quantitative estimate of drug-likeness (QED) is 0.430. The Morgan fingerprint density at radius 2 is 2.09 bits per heavy atom. The Kier molecular flexibility index (Phi) is 6.45. The van der Waals surface area contributed by atoms with Crippen LogP contribution in [0.25, 0.3) is 0 Å². The summed E-state index contributed by atoms with van der Waals surface area (Å²) in [4.78, 5) is 32.3. The Bertz CT molecular complexity index is 605. The fraction of sp³-hybridized carbons (Fsp3) is 0.333. The average molecular weight is 330 g/mol. The zero-order valence-electron chi connectivity index (χ0n) is 11.6. The summed E-state index contributed by atoms with van der Waals surface area (Å²) in [5.41, 5.74) is -0.290. The number of nitro groups is 1. The predicted molar refractivity (Wildman–Crippen MR) is 76.0 cm³/mol. The van der Waals surface area contributed by atoms with Crippen molar-refractivity contribution in [3.63, 3.8) is 0 Å². The fourth-order valence-corrected chi connectivity index (χ4v) is 2.95. The number of esters is 1. The molecule has 1 amide bonds. The molecule has 0 aliphatic heterocycles. The number of nitro benzene ring substituents is 1. The molecule has 0 aliphatic rings. The Labute approximate surface area is 127 Å². The molecule has 0 aliphatic carbocycles. The fourth-order valence-electron chi connectivity index (χ4n) is 1.68. The number of benzene rings is 1. The molecule has 1 aromatic carbocycles. The first-order valence-corrected chi connectivity index (χ1v) is 7.37. The molecule has 0 heterocycles. The van der Waals surface area contributed by atoms with Gasteiger partial charge in [0.05, 0.1) is 22.8 Å². The number of ether oxygens (including phenoxy) is 1. The molecular weight excluding hydrogens is 316 g/mol. The van der Waals surface area contributed by atoms with Crippen molar-refractivity contribution in [3.8, 4) is 0 Å². The van der Waals surface area contributed by atoms with Crippen LogP contribution in [0.3, 0.4) is 0 Å². The Hall–Kier alpha value is -2.49. The molecule has 120 valence electrons. The minimum Gasteiger partial charge on any atom is -0.467 e. The molecule has 1 unspecified atom stereocenters. The number of carboxylic acid groups (broad SMARTS) is 1. The monoisotopic (exact) mass is 330 g/mol. The summed E-state index contributed by atoms with van der Waals surface area (Å²) in [5, 5.41) is 21.5. The molecule has 0 saturated carbocycles. The number of hydrogen-bond acceptors (Lipinski definition) is 6. The normalized spacial score (nSPS) is 13.0. The average Bonchev–Trinajstić information content (AvgIpc) is 2.49. The Morgan fingerprint density at radius 3 is 2.64 bits per heavy atom. The van der Waals surface area contributed by atoms with Crippen LogP contribution < -0.4 is 5.32 Å². The van der Waals surface area contributed by atoms with E-state index in [-0.39, 0.29) is 22.8 Å². The molecule has 0 aromatic heterocycles. The number of methoxy groups -OCH3 is 1. The zero-order valence-corrected chi connectivity index (χ0v) is 12.4. The molecule has 10 heteroatoms. The number of nitrogens with zero attached hydrogens (tertiary/aromatic N) is 1. The highest BCUT2D eigenvalue weighted by molar-refractivity contribution is 7.85. The second-order valence-corrected chi connectivity index (χ2v) is 5.63. The topological polar surface area (TPSA) is 136 Å². The highest BCUT2D eigenvalue weighted by Crippen LogP contribution is 2.22. The van der Waals surface area contributed by atoms with Gasteiger partial charge in [-0.25, -0.2) is 9.59 Å². The van der Waals surface area contributed by atoms with Crippen molar-refractivity contribution in [2.75, 3.05) is 12.9 Å². The van der Waals surface area contributed by atoms with Gasteiger partial charge in [0, 0.05) is 11.8 Å². The molecule has 0 fully saturated rings. The number of hydrogen-bond donors (Lipinski definition) is 2. The van der Waals surface area contributed by atoms with Crippen molar-refractivity contribution in [2.24, 2.45) is 0 Å². The van der Waals surface area contributed by atoms with E-state index in [1.807, 2.05) is 5.32 Å². The van der Waals surface area contributed by atoms with E-state index in [1.54, 1.807) is 0 Å². The maximum absolute atomic E-state index is 12.2. The number of rotatable bonds is 7. The van der Waals surface area contributed by atoms with Crippen LogP contribution in [0.5, 0.6) is 0 Å². The number of carbonyl (C=O) groups excluding carboxylic acids is 1. The molecule has 0 radical (unpaired) electrons. The SMILES string of the molecule is COC(=O)[C@H](CCS(=O)c1ccccc1[N+](=O)[O-])NC(=O)O. The first-order chi connectivity index (χ1) is 10.4. The van der Waals surface area contributed by atoms with Crippen molar-refractivity contribution in [1.82, 2.24) is 5.32 Å². The van der Waals surface area contributed by atoms with Crippen LogP contribution in [0.15, 0.2) is 29.2 Å². The van der Waals surface area contributed by atoms with E-state index in [0.717, 1.165) is 7.11 Å². The van der Waals surface area contributed by atoms with Crippen molar-refractivity contribution < 1.29 is 28.6 Å². The molecule has 1 aromatic rings. The first-order valence-electron chi connectivity index (χ1n) is 6.06. The molecule has 2 atom stereocenters. The maximum atomic E-state index is 12.2. The second-order valence-electron chi connectivity index (χ2n) is 4.09. The highest BCUT2D eigenvalue weighted by atomic mass is 32.2. The third-order valence-electron chi connectivity index (χ3n) is 2.68. The smallest absolute Gasteiger partial charge is 0.405 e. The van der Waals surface area contributed by atoms with E-state index in [0.29, 0.717) is 0 Å². The molecule has 0 bridgehead atoms. The second kappa shape index (κ2) is 8.08. The zero-order chi connectivity index (χ0) is 16.7. The number of carbonyl (C=O) groups is 2.